The summed E-state index contributed by atoms with van der Waals surface area (Å²) >= 11 is 0. The molecular formula is C15H17NO. The molecule has 0 saturated heterocycles. The van der Waals surface area contributed by atoms with Crippen LogP contribution in [-0.2, 0) is 0 Å². The third kappa shape index (κ3) is 3.33. The molecule has 0 radical (unpaired) electrons. The van der Waals surface area contributed by atoms with Crippen LogP contribution >= 0.6 is 0 Å². The molecule has 2 nitrogen and oxygen atoms in total. The average molecular weight is 227 g/mol. The molecule has 2 rings (SSSR count). The van der Waals surface area contributed by atoms with Crippen molar-refractivity contribution >= 4 is 6.08 Å². The molecule has 0 saturated carbocycles. The van der Waals surface area contributed by atoms with E-state index >= 15 is 0 Å². The van der Waals surface area contributed by atoms with Crippen molar-refractivity contribution in [2.45, 2.75) is 12.5 Å². The summed E-state index contributed by atoms with van der Waals surface area (Å²) < 4.78 is 5.11. The highest BCUT2D eigenvalue weighted by atomic mass is 16.5. The zero-order chi connectivity index (χ0) is 12.1. The van der Waals surface area contributed by atoms with Crippen molar-refractivity contribution in [1.29, 1.82) is 0 Å². The van der Waals surface area contributed by atoms with Crippen molar-refractivity contribution in [2.24, 2.45) is 5.73 Å². The lowest BCUT2D eigenvalue weighted by Crippen LogP contribution is -2.17. The van der Waals surface area contributed by atoms with Crippen LogP contribution in [0.15, 0.2) is 54.1 Å². The Morgan fingerprint density at radius 2 is 2.00 bits per heavy atom. The number of allylic oxidation sites excluding steroid dienone is 3. The lowest BCUT2D eigenvalue weighted by atomic mass is 10.0. The topological polar surface area (TPSA) is 35.2 Å². The number of ether oxygens (including phenoxy) is 1. The summed E-state index contributed by atoms with van der Waals surface area (Å²) in [6, 6.07) is 8.16. The van der Waals surface area contributed by atoms with Gasteiger partial charge < -0.3 is 10.5 Å². The first kappa shape index (κ1) is 11.7. The van der Waals surface area contributed by atoms with Gasteiger partial charge in [0.15, 0.2) is 0 Å². The molecule has 1 aromatic rings. The van der Waals surface area contributed by atoms with Crippen molar-refractivity contribution in [3.63, 3.8) is 0 Å². The van der Waals surface area contributed by atoms with E-state index < -0.39 is 0 Å². The van der Waals surface area contributed by atoms with Crippen LogP contribution in [0.5, 0.6) is 5.75 Å². The SMILES string of the molecule is COc1ccc(/C=C/C2=CCC(N)C=C2)cc1. The molecule has 2 heteroatoms. The number of methoxy groups -OCH3 is 1. The van der Waals surface area contributed by atoms with Crippen molar-refractivity contribution in [1.82, 2.24) is 0 Å². The van der Waals surface area contributed by atoms with E-state index in [4.69, 9.17) is 10.5 Å². The van der Waals surface area contributed by atoms with Gasteiger partial charge in [-0.1, -0.05) is 42.5 Å². The van der Waals surface area contributed by atoms with Crippen molar-refractivity contribution < 1.29 is 4.74 Å². The van der Waals surface area contributed by atoms with Gasteiger partial charge in [0.05, 0.1) is 7.11 Å². The standard InChI is InChI=1S/C15H17NO/c1-17-15-10-6-13(7-11-15)3-2-12-4-8-14(16)9-5-12/h2-8,10-11,14H,9,16H2,1H3/b3-2+. The summed E-state index contributed by atoms with van der Waals surface area (Å²) in [7, 11) is 1.67. The van der Waals surface area contributed by atoms with E-state index in [-0.39, 0.29) is 6.04 Å². The van der Waals surface area contributed by atoms with Crippen LogP contribution in [0, 0.1) is 0 Å². The van der Waals surface area contributed by atoms with E-state index in [0.29, 0.717) is 0 Å². The molecule has 0 fully saturated rings. The van der Waals surface area contributed by atoms with Gasteiger partial charge in [-0.05, 0) is 29.7 Å². The Morgan fingerprint density at radius 3 is 2.59 bits per heavy atom. The van der Waals surface area contributed by atoms with Gasteiger partial charge in [-0.15, -0.1) is 0 Å². The number of hydrogen-bond donors (Lipinski definition) is 1. The maximum atomic E-state index is 5.77. The highest BCUT2D eigenvalue weighted by Crippen LogP contribution is 2.15. The molecule has 1 unspecified atom stereocenters. The summed E-state index contributed by atoms with van der Waals surface area (Å²) in [4.78, 5) is 0. The third-order valence-corrected chi connectivity index (χ3v) is 2.75. The largest absolute Gasteiger partial charge is 0.497 e. The van der Waals surface area contributed by atoms with E-state index in [2.05, 4.69) is 24.3 Å². The molecule has 0 bridgehead atoms. The molecule has 0 aromatic heterocycles. The number of hydrogen-bond acceptors (Lipinski definition) is 2. The molecule has 88 valence electrons. The molecule has 0 amide bonds. The van der Waals surface area contributed by atoms with Crippen LogP contribution in [0.3, 0.4) is 0 Å². The molecule has 0 aliphatic heterocycles. The zero-order valence-corrected chi connectivity index (χ0v) is 9.97. The highest BCUT2D eigenvalue weighted by molar-refractivity contribution is 5.56. The van der Waals surface area contributed by atoms with Crippen LogP contribution in [-0.4, -0.2) is 13.2 Å². The molecule has 1 aliphatic rings. The summed E-state index contributed by atoms with van der Waals surface area (Å²) in [5.41, 5.74) is 8.14. The fourth-order valence-corrected chi connectivity index (χ4v) is 1.68. The van der Waals surface area contributed by atoms with Gasteiger partial charge in [-0.2, -0.15) is 0 Å². The molecule has 1 aromatic carbocycles. The van der Waals surface area contributed by atoms with E-state index in [1.807, 2.05) is 30.3 Å². The molecular weight excluding hydrogens is 210 g/mol. The van der Waals surface area contributed by atoms with Crippen LogP contribution in [0.2, 0.25) is 0 Å². The van der Waals surface area contributed by atoms with Crippen molar-refractivity contribution in [3.05, 3.63) is 59.7 Å². The maximum absolute atomic E-state index is 5.77. The summed E-state index contributed by atoms with van der Waals surface area (Å²) in [5, 5.41) is 0. The minimum absolute atomic E-state index is 0.174. The Balaban J connectivity index is 2.03. The van der Waals surface area contributed by atoms with Crippen LogP contribution in [0.25, 0.3) is 6.08 Å². The molecule has 0 heterocycles. The Labute approximate surface area is 102 Å². The minimum Gasteiger partial charge on any atom is -0.497 e. The number of benzene rings is 1. The zero-order valence-electron chi connectivity index (χ0n) is 9.97. The second-order valence-electron chi connectivity index (χ2n) is 4.07. The normalized spacial score (nSPS) is 19.4. The van der Waals surface area contributed by atoms with E-state index in [9.17, 15) is 0 Å². The van der Waals surface area contributed by atoms with Gasteiger partial charge in [0, 0.05) is 6.04 Å². The van der Waals surface area contributed by atoms with Gasteiger partial charge in [-0.25, -0.2) is 0 Å². The average Bonchev–Trinajstić information content (AvgIpc) is 2.39. The number of nitrogens with two attached hydrogens (primary N) is 1. The Bertz CT molecular complexity index is 454. The minimum atomic E-state index is 0.174. The smallest absolute Gasteiger partial charge is 0.118 e. The van der Waals surface area contributed by atoms with Crippen molar-refractivity contribution in [2.75, 3.05) is 7.11 Å². The van der Waals surface area contributed by atoms with E-state index in [1.165, 1.54) is 5.57 Å². The maximum Gasteiger partial charge on any atom is 0.118 e. The number of rotatable bonds is 3. The van der Waals surface area contributed by atoms with Gasteiger partial charge in [-0.3, -0.25) is 0 Å². The highest BCUT2D eigenvalue weighted by Gasteiger charge is 2.00. The summed E-state index contributed by atoms with van der Waals surface area (Å²) in [6.45, 7) is 0. The first-order chi connectivity index (χ1) is 8.28. The third-order valence-electron chi connectivity index (χ3n) is 2.75. The second kappa shape index (κ2) is 5.51. The fourth-order valence-electron chi connectivity index (χ4n) is 1.68. The van der Waals surface area contributed by atoms with Gasteiger partial charge in [0.1, 0.15) is 5.75 Å². The van der Waals surface area contributed by atoms with Gasteiger partial charge in [0.25, 0.3) is 0 Å². The van der Waals surface area contributed by atoms with E-state index in [1.54, 1.807) is 7.11 Å². The Morgan fingerprint density at radius 1 is 1.24 bits per heavy atom. The summed E-state index contributed by atoms with van der Waals surface area (Å²) in [5.74, 6) is 0.880. The fraction of sp³-hybridized carbons (Fsp3) is 0.200. The van der Waals surface area contributed by atoms with Crippen LogP contribution < -0.4 is 10.5 Å². The Kier molecular flexibility index (Phi) is 3.78. The van der Waals surface area contributed by atoms with E-state index in [0.717, 1.165) is 17.7 Å². The lowest BCUT2D eigenvalue weighted by molar-refractivity contribution is 0.415. The predicted octanol–water partition coefficient (Wildman–Crippen LogP) is 2.92. The van der Waals surface area contributed by atoms with Gasteiger partial charge >= 0.3 is 0 Å². The van der Waals surface area contributed by atoms with Crippen molar-refractivity contribution in [3.8, 4) is 5.75 Å². The molecule has 17 heavy (non-hydrogen) atoms. The second-order valence-corrected chi connectivity index (χ2v) is 4.07. The van der Waals surface area contributed by atoms with Crippen LogP contribution in [0.4, 0.5) is 0 Å². The molecule has 1 aliphatic carbocycles. The molecule has 1 atom stereocenters. The van der Waals surface area contributed by atoms with Gasteiger partial charge in [0.2, 0.25) is 0 Å². The predicted molar refractivity (Wildman–Crippen MR) is 71.8 cm³/mol. The van der Waals surface area contributed by atoms with Crippen LogP contribution in [0.1, 0.15) is 12.0 Å². The molecule has 0 spiro atoms. The first-order valence-electron chi connectivity index (χ1n) is 5.74. The Hall–Kier alpha value is -1.80. The first-order valence-corrected chi connectivity index (χ1v) is 5.74. The summed E-state index contributed by atoms with van der Waals surface area (Å²) in [6.07, 6.45) is 11.4. The quantitative estimate of drug-likeness (QED) is 0.861. The molecule has 2 N–H and O–H groups in total. The monoisotopic (exact) mass is 227 g/mol. The lowest BCUT2D eigenvalue weighted by Gasteiger charge is -2.08.